The number of carbonyl (C=O) groups is 1. The molecule has 0 aliphatic rings. The van der Waals surface area contributed by atoms with E-state index in [2.05, 4.69) is 15.5 Å². The number of ether oxygens (including phenoxy) is 1. The van der Waals surface area contributed by atoms with Gasteiger partial charge in [-0.1, -0.05) is 6.07 Å². The van der Waals surface area contributed by atoms with E-state index in [1.807, 2.05) is 31.2 Å². The van der Waals surface area contributed by atoms with Crippen LogP contribution in [0, 0.1) is 11.6 Å². The van der Waals surface area contributed by atoms with E-state index < -0.39 is 17.5 Å². The average molecular weight is 357 g/mol. The summed E-state index contributed by atoms with van der Waals surface area (Å²) in [4.78, 5) is 12.2. The number of hydrogen-bond donors (Lipinski definition) is 2. The Balaban J connectivity index is 1.65. The molecule has 5 nitrogen and oxygen atoms in total. The molecule has 1 amide bonds. The molecule has 1 heterocycles. The maximum absolute atomic E-state index is 13.6. The first-order valence-electron chi connectivity index (χ1n) is 8.07. The molecular formula is C19H17F2N3O2. The van der Waals surface area contributed by atoms with Crippen molar-refractivity contribution in [3.05, 3.63) is 71.4 Å². The van der Waals surface area contributed by atoms with Crippen LogP contribution in [0.4, 0.5) is 8.78 Å². The summed E-state index contributed by atoms with van der Waals surface area (Å²) < 4.78 is 31.9. The first-order valence-corrected chi connectivity index (χ1v) is 8.07. The molecule has 0 radical (unpaired) electrons. The lowest BCUT2D eigenvalue weighted by molar-refractivity contribution is 0.0945. The Bertz CT molecular complexity index is 907. The SMILES string of the molecule is CCOc1ccc(-c2cc(C(=O)NCc3ccc(F)cc3F)[nH]n2)cc1. The van der Waals surface area contributed by atoms with E-state index in [4.69, 9.17) is 4.74 Å². The van der Waals surface area contributed by atoms with Crippen LogP contribution in [0.15, 0.2) is 48.5 Å². The van der Waals surface area contributed by atoms with Crippen molar-refractivity contribution in [2.75, 3.05) is 6.61 Å². The second kappa shape index (κ2) is 7.77. The lowest BCUT2D eigenvalue weighted by Crippen LogP contribution is -2.23. The average Bonchev–Trinajstić information content (AvgIpc) is 3.12. The molecule has 0 atom stereocenters. The Labute approximate surface area is 149 Å². The van der Waals surface area contributed by atoms with E-state index in [1.54, 1.807) is 6.07 Å². The van der Waals surface area contributed by atoms with Crippen molar-refractivity contribution in [1.82, 2.24) is 15.5 Å². The zero-order chi connectivity index (χ0) is 18.5. The predicted molar refractivity (Wildman–Crippen MR) is 92.7 cm³/mol. The highest BCUT2D eigenvalue weighted by Gasteiger charge is 2.12. The van der Waals surface area contributed by atoms with Gasteiger partial charge < -0.3 is 10.1 Å². The fraction of sp³-hybridized carbons (Fsp3) is 0.158. The molecule has 0 spiro atoms. The molecule has 0 saturated heterocycles. The second-order valence-corrected chi connectivity index (χ2v) is 5.54. The summed E-state index contributed by atoms with van der Waals surface area (Å²) in [5.74, 6) is -1.04. The lowest BCUT2D eigenvalue weighted by atomic mass is 10.1. The van der Waals surface area contributed by atoms with Gasteiger partial charge in [0.05, 0.1) is 12.3 Å². The maximum Gasteiger partial charge on any atom is 0.269 e. The number of aromatic amines is 1. The summed E-state index contributed by atoms with van der Waals surface area (Å²) in [5.41, 5.74) is 1.88. The molecule has 134 valence electrons. The first-order chi connectivity index (χ1) is 12.6. The highest BCUT2D eigenvalue weighted by molar-refractivity contribution is 5.93. The van der Waals surface area contributed by atoms with Gasteiger partial charge in [-0.05, 0) is 43.3 Å². The summed E-state index contributed by atoms with van der Waals surface area (Å²) in [7, 11) is 0. The first kappa shape index (κ1) is 17.6. The summed E-state index contributed by atoms with van der Waals surface area (Å²) in [6.45, 7) is 2.44. The zero-order valence-electron chi connectivity index (χ0n) is 14.1. The number of H-pyrrole nitrogens is 1. The maximum atomic E-state index is 13.6. The third-order valence-corrected chi connectivity index (χ3v) is 3.74. The summed E-state index contributed by atoms with van der Waals surface area (Å²) in [5, 5.41) is 9.35. The van der Waals surface area contributed by atoms with Gasteiger partial charge in [0, 0.05) is 23.7 Å². The third kappa shape index (κ3) is 4.05. The predicted octanol–water partition coefficient (Wildman–Crippen LogP) is 3.68. The van der Waals surface area contributed by atoms with E-state index in [0.29, 0.717) is 12.3 Å². The van der Waals surface area contributed by atoms with Crippen LogP contribution in [0.5, 0.6) is 5.75 Å². The van der Waals surface area contributed by atoms with Crippen molar-refractivity contribution >= 4 is 5.91 Å². The van der Waals surface area contributed by atoms with E-state index in [9.17, 15) is 13.6 Å². The van der Waals surface area contributed by atoms with Gasteiger partial charge in [-0.25, -0.2) is 8.78 Å². The summed E-state index contributed by atoms with van der Waals surface area (Å²) >= 11 is 0. The van der Waals surface area contributed by atoms with E-state index in [-0.39, 0.29) is 17.8 Å². The molecule has 3 rings (SSSR count). The molecule has 2 aromatic carbocycles. The molecule has 0 aliphatic carbocycles. The molecule has 3 aromatic rings. The normalized spacial score (nSPS) is 10.6. The number of halogens is 2. The van der Waals surface area contributed by atoms with Crippen LogP contribution in [0.3, 0.4) is 0 Å². The number of hydrogen-bond acceptors (Lipinski definition) is 3. The minimum atomic E-state index is -0.704. The fourth-order valence-corrected chi connectivity index (χ4v) is 2.41. The van der Waals surface area contributed by atoms with E-state index in [0.717, 1.165) is 23.4 Å². The quantitative estimate of drug-likeness (QED) is 0.707. The van der Waals surface area contributed by atoms with Gasteiger partial charge in [0.25, 0.3) is 5.91 Å². The standard InChI is InChI=1S/C19H17F2N3O2/c1-2-26-15-7-4-12(5-8-15)17-10-18(24-23-17)19(25)22-11-13-3-6-14(20)9-16(13)21/h3-10H,2,11H2,1H3,(H,22,25)(H,23,24). The van der Waals surface area contributed by atoms with Crippen LogP contribution in [0.1, 0.15) is 23.0 Å². The molecule has 0 bridgehead atoms. The summed E-state index contributed by atoms with van der Waals surface area (Å²) in [6, 6.07) is 12.2. The van der Waals surface area contributed by atoms with Crippen molar-refractivity contribution in [1.29, 1.82) is 0 Å². The number of aromatic nitrogens is 2. The molecular weight excluding hydrogens is 340 g/mol. The number of nitrogens with zero attached hydrogens (tertiary/aromatic N) is 1. The lowest BCUT2D eigenvalue weighted by Gasteiger charge is -2.05. The third-order valence-electron chi connectivity index (χ3n) is 3.74. The van der Waals surface area contributed by atoms with E-state index in [1.165, 1.54) is 6.07 Å². The molecule has 7 heteroatoms. The molecule has 26 heavy (non-hydrogen) atoms. The largest absolute Gasteiger partial charge is 0.494 e. The van der Waals surface area contributed by atoms with Crippen molar-refractivity contribution in [2.45, 2.75) is 13.5 Å². The van der Waals surface area contributed by atoms with Crippen molar-refractivity contribution in [3.63, 3.8) is 0 Å². The van der Waals surface area contributed by atoms with Gasteiger partial charge in [-0.3, -0.25) is 9.89 Å². The van der Waals surface area contributed by atoms with Crippen molar-refractivity contribution in [2.24, 2.45) is 0 Å². The number of amides is 1. The van der Waals surface area contributed by atoms with Gasteiger partial charge in [-0.15, -0.1) is 0 Å². The van der Waals surface area contributed by atoms with Gasteiger partial charge in [-0.2, -0.15) is 5.10 Å². The minimum absolute atomic E-state index is 0.0532. The molecule has 1 aromatic heterocycles. The number of benzene rings is 2. The summed E-state index contributed by atoms with van der Waals surface area (Å²) in [6.07, 6.45) is 0. The van der Waals surface area contributed by atoms with Gasteiger partial charge in [0.15, 0.2) is 0 Å². The van der Waals surface area contributed by atoms with Crippen LogP contribution in [0.2, 0.25) is 0 Å². The van der Waals surface area contributed by atoms with Gasteiger partial charge in [0.2, 0.25) is 0 Å². The fourth-order valence-electron chi connectivity index (χ4n) is 2.41. The number of nitrogens with one attached hydrogen (secondary N) is 2. The van der Waals surface area contributed by atoms with Gasteiger partial charge >= 0.3 is 0 Å². The Morgan fingerprint density at radius 1 is 1.15 bits per heavy atom. The van der Waals surface area contributed by atoms with Crippen LogP contribution in [-0.2, 0) is 6.54 Å². The zero-order valence-corrected chi connectivity index (χ0v) is 14.1. The molecule has 0 aliphatic heterocycles. The topological polar surface area (TPSA) is 67.0 Å². The van der Waals surface area contributed by atoms with Crippen LogP contribution >= 0.6 is 0 Å². The molecule has 2 N–H and O–H groups in total. The Morgan fingerprint density at radius 2 is 1.92 bits per heavy atom. The van der Waals surface area contributed by atoms with Crippen molar-refractivity contribution in [3.8, 4) is 17.0 Å². The van der Waals surface area contributed by atoms with E-state index >= 15 is 0 Å². The highest BCUT2D eigenvalue weighted by atomic mass is 19.1. The smallest absolute Gasteiger partial charge is 0.269 e. The molecule has 0 fully saturated rings. The van der Waals surface area contributed by atoms with Crippen LogP contribution in [-0.4, -0.2) is 22.7 Å². The number of rotatable bonds is 6. The highest BCUT2D eigenvalue weighted by Crippen LogP contribution is 2.21. The van der Waals surface area contributed by atoms with Gasteiger partial charge in [0.1, 0.15) is 23.1 Å². The Kier molecular flexibility index (Phi) is 5.26. The number of carbonyl (C=O) groups excluding carboxylic acids is 1. The Morgan fingerprint density at radius 3 is 2.62 bits per heavy atom. The minimum Gasteiger partial charge on any atom is -0.494 e. The van der Waals surface area contributed by atoms with Crippen LogP contribution in [0.25, 0.3) is 11.3 Å². The van der Waals surface area contributed by atoms with Crippen molar-refractivity contribution < 1.29 is 18.3 Å². The molecule has 0 saturated carbocycles. The Hall–Kier alpha value is -3.22. The molecule has 0 unspecified atom stereocenters. The monoisotopic (exact) mass is 357 g/mol. The second-order valence-electron chi connectivity index (χ2n) is 5.54. The van der Waals surface area contributed by atoms with Crippen LogP contribution < -0.4 is 10.1 Å².